The van der Waals surface area contributed by atoms with Crippen molar-refractivity contribution >= 4 is 18.5 Å². The quantitative estimate of drug-likeness (QED) is 0.173. The van der Waals surface area contributed by atoms with E-state index in [-0.39, 0.29) is 0 Å². The van der Waals surface area contributed by atoms with Crippen LogP contribution in [0.25, 0.3) is 0 Å². The molecule has 0 aliphatic carbocycles. The third-order valence-electron chi connectivity index (χ3n) is 4.06. The van der Waals surface area contributed by atoms with Gasteiger partial charge in [0.05, 0.1) is 0 Å². The van der Waals surface area contributed by atoms with Gasteiger partial charge in [-0.05, 0) is 0 Å². The summed E-state index contributed by atoms with van der Waals surface area (Å²) in [5.41, 5.74) is 0. The van der Waals surface area contributed by atoms with E-state index in [9.17, 15) is 106 Å². The van der Waals surface area contributed by atoms with Crippen LogP contribution in [-0.4, -0.2) is 84.7 Å². The average molecular weight is 721 g/mol. The minimum Gasteiger partial charge on any atom is -0.350 e. The highest BCUT2D eigenvalue weighted by Gasteiger charge is 2.88. The minimum absolute atomic E-state index is 0.600. The van der Waals surface area contributed by atoms with Crippen LogP contribution in [0.1, 0.15) is 0 Å². The zero-order chi connectivity index (χ0) is 35.3. The molecule has 1 N–H and O–H groups in total. The van der Waals surface area contributed by atoms with Crippen molar-refractivity contribution in [3.63, 3.8) is 0 Å². The maximum atomic E-state index is 14.3. The molecule has 258 valence electrons. The first-order chi connectivity index (χ1) is 18.4. The van der Waals surface area contributed by atoms with Crippen LogP contribution < -0.4 is 5.32 Å². The van der Waals surface area contributed by atoms with E-state index in [4.69, 9.17) is 0 Å². The number of hydrogen-bond acceptors (Lipinski definition) is 5. The first-order valence-corrected chi connectivity index (χ1v) is 9.83. The second kappa shape index (κ2) is 11.5. The smallest absolute Gasteiger partial charge is 0.350 e. The van der Waals surface area contributed by atoms with Crippen LogP contribution in [0.5, 0.6) is 0 Å². The van der Waals surface area contributed by atoms with E-state index in [0.717, 1.165) is 9.47 Å². The molecule has 43 heavy (non-hydrogen) atoms. The van der Waals surface area contributed by atoms with Crippen molar-refractivity contribution in [2.75, 3.05) is 12.3 Å². The van der Waals surface area contributed by atoms with Crippen molar-refractivity contribution in [2.24, 2.45) is 0 Å². The molecule has 0 fully saturated rings. The predicted molar refractivity (Wildman–Crippen MR) is 85.6 cm³/mol. The van der Waals surface area contributed by atoms with Crippen LogP contribution in [0.15, 0.2) is 0 Å². The van der Waals surface area contributed by atoms with Crippen molar-refractivity contribution in [1.29, 1.82) is 0 Å². The normalized spacial score (nSPS) is 19.3. The topological polar surface area (TPSA) is 56.8 Å². The summed E-state index contributed by atoms with van der Waals surface area (Å²) in [5, 5.41) is 0.600. The Balaban J connectivity index is 7.28. The first kappa shape index (κ1) is 41.1. The fourth-order valence-corrected chi connectivity index (χ4v) is 2.08. The fourth-order valence-electron chi connectivity index (χ4n) is 1.97. The Kier molecular flexibility index (Phi) is 11.0. The molecule has 3 atom stereocenters. The van der Waals surface area contributed by atoms with E-state index in [1.54, 1.807) is 4.74 Å². The Bertz CT molecular complexity index is 990. The largest absolute Gasteiger partial charge is 0.462 e. The highest BCUT2D eigenvalue weighted by Crippen LogP contribution is 2.59. The second-order valence-corrected chi connectivity index (χ2v) is 7.63. The minimum atomic E-state index is -8.74. The monoisotopic (exact) mass is 721 g/mol. The number of hydrogen-bond donors (Lipinski definition) is 2. The van der Waals surface area contributed by atoms with Gasteiger partial charge in [0, 0.05) is 12.3 Å². The average Bonchev–Trinajstić information content (AvgIpc) is 2.72. The number of amides is 1. The lowest BCUT2D eigenvalue weighted by Crippen LogP contribution is -2.71. The molecular weight excluding hydrogens is 715 g/mol. The van der Waals surface area contributed by atoms with E-state index in [2.05, 4.69) is 12.6 Å². The Morgan fingerprint density at radius 1 is 0.488 bits per heavy atom. The maximum Gasteiger partial charge on any atom is 0.462 e. The van der Waals surface area contributed by atoms with Gasteiger partial charge in [-0.3, -0.25) is 19.0 Å². The highest BCUT2D eigenvalue weighted by atomic mass is 32.1. The predicted octanol–water partition coefficient (Wildman–Crippen LogP) is 6.74. The zero-order valence-corrected chi connectivity index (χ0v) is 19.6. The van der Waals surface area contributed by atoms with Crippen LogP contribution in [0.3, 0.4) is 0 Å². The summed E-state index contributed by atoms with van der Waals surface area (Å²) in [6, 6.07) is 0. The van der Waals surface area contributed by atoms with Gasteiger partial charge in [-0.25, -0.2) is 0 Å². The van der Waals surface area contributed by atoms with Crippen molar-refractivity contribution in [3.05, 3.63) is 0 Å². The summed E-state index contributed by atoms with van der Waals surface area (Å²) < 4.78 is 306. The summed E-state index contributed by atoms with van der Waals surface area (Å²) in [6.45, 7) is -1.34. The van der Waals surface area contributed by atoms with Gasteiger partial charge in [0.25, 0.3) is 5.91 Å². The van der Waals surface area contributed by atoms with Gasteiger partial charge in [-0.1, -0.05) is 0 Å². The molecule has 3 unspecified atom stereocenters. The third kappa shape index (κ3) is 7.33. The number of carbonyl (C=O) groups is 1. The molecule has 5 nitrogen and oxygen atoms in total. The molecular formula is C14H6F23NO4S. The Morgan fingerprint density at radius 3 is 1.09 bits per heavy atom. The summed E-state index contributed by atoms with van der Waals surface area (Å²) in [4.78, 5) is 11.3. The van der Waals surface area contributed by atoms with Gasteiger partial charge >= 0.3 is 66.5 Å². The summed E-state index contributed by atoms with van der Waals surface area (Å²) in [5.74, 6) is -37.0. The van der Waals surface area contributed by atoms with Gasteiger partial charge in [-0.2, -0.15) is 114 Å². The molecule has 0 aromatic carbocycles. The Labute approximate surface area is 223 Å². The third-order valence-corrected chi connectivity index (χ3v) is 4.28. The standard InChI is InChI=1S/C14H6F23NO4S/c15-4(8(20,21)22,3(39)38-1-2-43)40-13(34,35)6(18,10(26,27)28)42-14(36,37)7(19,11(29,30)31)41-12(32,33)5(16,17)9(23,24)25/h43H,1-2H2,(H,38,39). The lowest BCUT2D eigenvalue weighted by Gasteiger charge is -2.42. The molecule has 0 radical (unpaired) electrons. The molecule has 0 heterocycles. The lowest BCUT2D eigenvalue weighted by molar-refractivity contribution is -0.577. The fraction of sp³-hybridized carbons (Fsp3) is 0.929. The van der Waals surface area contributed by atoms with Gasteiger partial charge in [0.2, 0.25) is 0 Å². The number of carbonyl (C=O) groups excluding carboxylic acids is 1. The van der Waals surface area contributed by atoms with Crippen LogP contribution in [0.4, 0.5) is 101 Å². The van der Waals surface area contributed by atoms with E-state index < -0.39 is 84.7 Å². The van der Waals surface area contributed by atoms with Gasteiger partial charge in [0.1, 0.15) is 0 Å². The van der Waals surface area contributed by atoms with Gasteiger partial charge in [0.15, 0.2) is 0 Å². The molecule has 0 aliphatic rings. The van der Waals surface area contributed by atoms with E-state index in [1.807, 2.05) is 0 Å². The van der Waals surface area contributed by atoms with E-state index in [1.165, 1.54) is 0 Å². The SMILES string of the molecule is O=C(NCCS)C(F)(OC(F)(F)C(F)(OC(F)(F)C(F)(OC(F)(F)C(F)(F)C(F)(F)F)C(F)(F)F)C(F)(F)F)C(F)(F)F. The Hall–Kier alpha value is -1.91. The molecule has 1 amide bonds. The molecule has 0 aliphatic heterocycles. The van der Waals surface area contributed by atoms with Crippen molar-refractivity contribution in [3.8, 4) is 0 Å². The lowest BCUT2D eigenvalue weighted by atomic mass is 10.2. The molecule has 0 spiro atoms. The van der Waals surface area contributed by atoms with Crippen LogP contribution >= 0.6 is 12.6 Å². The number of alkyl halides is 23. The molecule has 0 aromatic rings. The van der Waals surface area contributed by atoms with Crippen LogP contribution in [0.2, 0.25) is 0 Å². The molecule has 29 heteroatoms. The molecule has 0 saturated heterocycles. The van der Waals surface area contributed by atoms with Crippen molar-refractivity contribution < 1.29 is 120 Å². The molecule has 0 aromatic heterocycles. The van der Waals surface area contributed by atoms with Crippen LogP contribution in [-0.2, 0) is 19.0 Å². The number of nitrogens with one attached hydrogen (secondary N) is 1. The van der Waals surface area contributed by atoms with Crippen molar-refractivity contribution in [2.45, 2.75) is 66.5 Å². The maximum absolute atomic E-state index is 14.3. The number of ether oxygens (including phenoxy) is 3. The zero-order valence-electron chi connectivity index (χ0n) is 18.7. The van der Waals surface area contributed by atoms with E-state index in [0.29, 0.717) is 5.32 Å². The van der Waals surface area contributed by atoms with Crippen molar-refractivity contribution in [1.82, 2.24) is 5.32 Å². The van der Waals surface area contributed by atoms with Gasteiger partial charge < -0.3 is 5.32 Å². The van der Waals surface area contributed by atoms with Gasteiger partial charge in [-0.15, -0.1) is 0 Å². The Morgan fingerprint density at radius 2 is 0.814 bits per heavy atom. The number of rotatable bonds is 12. The summed E-state index contributed by atoms with van der Waals surface area (Å²) >= 11 is 3.17. The van der Waals surface area contributed by atoms with E-state index >= 15 is 0 Å². The first-order valence-electron chi connectivity index (χ1n) is 9.20. The highest BCUT2D eigenvalue weighted by molar-refractivity contribution is 7.80. The summed E-state index contributed by atoms with van der Waals surface area (Å²) in [7, 11) is 0. The number of halogens is 23. The summed E-state index contributed by atoms with van der Waals surface area (Å²) in [6.07, 6.45) is -57.5. The number of thiol groups is 1. The molecule has 0 rings (SSSR count). The molecule has 0 saturated carbocycles. The molecule has 0 bridgehead atoms. The van der Waals surface area contributed by atoms with Crippen LogP contribution in [0, 0.1) is 0 Å². The second-order valence-electron chi connectivity index (χ2n) is 7.19.